The minimum Gasteiger partial charge on any atom is -0.341 e. The van der Waals surface area contributed by atoms with E-state index in [-0.39, 0.29) is 18.2 Å². The van der Waals surface area contributed by atoms with E-state index in [0.717, 1.165) is 23.6 Å². The Morgan fingerprint density at radius 2 is 1.62 bits per heavy atom. The molecule has 0 saturated heterocycles. The van der Waals surface area contributed by atoms with Crippen LogP contribution in [0.1, 0.15) is 47.3 Å². The van der Waals surface area contributed by atoms with Gasteiger partial charge in [-0.3, -0.25) is 9.59 Å². The fraction of sp³-hybridized carbons (Fsp3) is 0.310. The van der Waals surface area contributed by atoms with Gasteiger partial charge in [0, 0.05) is 35.8 Å². The topological polar surface area (TPSA) is 75.4 Å². The van der Waals surface area contributed by atoms with E-state index in [1.54, 1.807) is 36.1 Å². The molecule has 196 valence electrons. The van der Waals surface area contributed by atoms with Gasteiger partial charge < -0.3 is 16.0 Å². The lowest BCUT2D eigenvalue weighted by Crippen LogP contribution is -2.47. The maximum atomic E-state index is 13.6. The smallest absolute Gasteiger partial charge is 0.251 e. The number of benzene rings is 3. The van der Waals surface area contributed by atoms with E-state index in [1.165, 1.54) is 12.1 Å². The van der Waals surface area contributed by atoms with Gasteiger partial charge in [0.2, 0.25) is 5.91 Å². The molecule has 2 atom stereocenters. The van der Waals surface area contributed by atoms with Crippen LogP contribution in [0.4, 0.5) is 8.78 Å². The van der Waals surface area contributed by atoms with Crippen LogP contribution in [0.25, 0.3) is 0 Å². The predicted octanol–water partition coefficient (Wildman–Crippen LogP) is 5.29. The number of carbonyl (C=O) groups is 2. The molecule has 8 heteroatoms. The third kappa shape index (κ3) is 8.65. The lowest BCUT2D eigenvalue weighted by Gasteiger charge is -2.28. The summed E-state index contributed by atoms with van der Waals surface area (Å²) in [7, 11) is 0. The summed E-state index contributed by atoms with van der Waals surface area (Å²) in [6.07, 6.45) is 1.55. The second kappa shape index (κ2) is 13.3. The zero-order valence-electron chi connectivity index (χ0n) is 21.0. The van der Waals surface area contributed by atoms with E-state index in [9.17, 15) is 18.4 Å². The van der Waals surface area contributed by atoms with Crippen molar-refractivity contribution in [1.29, 1.82) is 0 Å². The van der Waals surface area contributed by atoms with Crippen molar-refractivity contribution in [2.75, 3.05) is 6.54 Å². The zero-order chi connectivity index (χ0) is 26.9. The van der Waals surface area contributed by atoms with Gasteiger partial charge in [-0.05, 0) is 79.3 Å². The number of rotatable bonds is 11. The van der Waals surface area contributed by atoms with Gasteiger partial charge in [-0.1, -0.05) is 42.8 Å². The summed E-state index contributed by atoms with van der Waals surface area (Å²) in [6, 6.07) is 16.5. The molecule has 0 aromatic heterocycles. The van der Waals surface area contributed by atoms with Crippen LogP contribution < -0.4 is 11.1 Å². The van der Waals surface area contributed by atoms with Gasteiger partial charge in [0.05, 0.1) is 0 Å². The monoisotopic (exact) mass is 527 g/mol. The highest BCUT2D eigenvalue weighted by Crippen LogP contribution is 2.15. The number of aryl methyl sites for hydroxylation is 1. The number of amides is 2. The molecule has 0 fully saturated rings. The molecule has 0 aliphatic rings. The highest BCUT2D eigenvalue weighted by atomic mass is 35.5. The van der Waals surface area contributed by atoms with Crippen molar-refractivity contribution in [3.63, 3.8) is 0 Å². The highest BCUT2D eigenvalue weighted by Gasteiger charge is 2.23. The summed E-state index contributed by atoms with van der Waals surface area (Å²) in [5.74, 6) is -1.94. The molecule has 0 unspecified atom stereocenters. The van der Waals surface area contributed by atoms with Gasteiger partial charge in [-0.2, -0.15) is 0 Å². The summed E-state index contributed by atoms with van der Waals surface area (Å²) in [5, 5.41) is 3.27. The molecule has 3 rings (SSSR count). The van der Waals surface area contributed by atoms with E-state index in [4.69, 9.17) is 17.3 Å². The molecule has 0 spiro atoms. The van der Waals surface area contributed by atoms with E-state index >= 15 is 0 Å². The van der Waals surface area contributed by atoms with Gasteiger partial charge in [0.1, 0.15) is 17.7 Å². The summed E-state index contributed by atoms with van der Waals surface area (Å²) >= 11 is 5.90. The minimum atomic E-state index is -0.786. The Bertz CT molecular complexity index is 1200. The molecule has 0 saturated carbocycles. The van der Waals surface area contributed by atoms with Crippen molar-refractivity contribution in [2.24, 2.45) is 5.73 Å². The van der Waals surface area contributed by atoms with Crippen molar-refractivity contribution >= 4 is 23.4 Å². The number of nitrogens with zero attached hydrogens (tertiary/aromatic N) is 1. The lowest BCUT2D eigenvalue weighted by molar-refractivity contribution is -0.133. The third-order valence-corrected chi connectivity index (χ3v) is 6.35. The van der Waals surface area contributed by atoms with Gasteiger partial charge in [0.15, 0.2) is 0 Å². The minimum absolute atomic E-state index is 0.256. The predicted molar refractivity (Wildman–Crippen MR) is 142 cm³/mol. The molecular weight excluding hydrogens is 496 g/mol. The maximum absolute atomic E-state index is 13.6. The van der Waals surface area contributed by atoms with Crippen molar-refractivity contribution in [2.45, 2.75) is 51.7 Å². The fourth-order valence-corrected chi connectivity index (χ4v) is 4.23. The molecule has 2 amide bonds. The zero-order valence-corrected chi connectivity index (χ0v) is 21.8. The lowest BCUT2D eigenvalue weighted by atomic mass is 10.0. The van der Waals surface area contributed by atoms with Crippen molar-refractivity contribution in [3.8, 4) is 0 Å². The molecule has 0 aliphatic heterocycles. The van der Waals surface area contributed by atoms with Crippen LogP contribution in [0.5, 0.6) is 0 Å². The van der Waals surface area contributed by atoms with Crippen molar-refractivity contribution in [3.05, 3.63) is 106 Å². The van der Waals surface area contributed by atoms with Crippen LogP contribution in [0.2, 0.25) is 5.02 Å². The van der Waals surface area contributed by atoms with Crippen LogP contribution in [-0.2, 0) is 24.2 Å². The molecule has 3 aromatic rings. The molecule has 5 nitrogen and oxygen atoms in total. The normalized spacial score (nSPS) is 12.6. The van der Waals surface area contributed by atoms with Crippen LogP contribution in [0.3, 0.4) is 0 Å². The summed E-state index contributed by atoms with van der Waals surface area (Å²) in [5.41, 5.74) is 9.25. The molecule has 3 N–H and O–H groups in total. The third-order valence-electron chi connectivity index (χ3n) is 6.10. The first-order valence-corrected chi connectivity index (χ1v) is 12.7. The first kappa shape index (κ1) is 28.3. The molecular formula is C29H32ClF2N3O2. The van der Waals surface area contributed by atoms with Crippen LogP contribution in [0, 0.1) is 11.6 Å². The molecule has 0 bridgehead atoms. The van der Waals surface area contributed by atoms with Crippen molar-refractivity contribution < 1.29 is 18.4 Å². The summed E-state index contributed by atoms with van der Waals surface area (Å²) in [4.78, 5) is 27.7. The molecule has 37 heavy (non-hydrogen) atoms. The van der Waals surface area contributed by atoms with Crippen LogP contribution in [0.15, 0.2) is 66.7 Å². The largest absolute Gasteiger partial charge is 0.341 e. The van der Waals surface area contributed by atoms with Gasteiger partial charge >= 0.3 is 0 Å². The number of halogens is 3. The van der Waals surface area contributed by atoms with E-state index in [1.807, 2.05) is 24.3 Å². The first-order chi connectivity index (χ1) is 17.6. The Hall–Kier alpha value is -3.29. The standard InChI is InChI=1S/C29H32ClF2N3O2/c1-3-20-5-4-6-21(13-20)18-35(12-11-27(33)16-22-14-25(31)17-26(32)15-22)29(37)19(2)34-28(36)23-7-9-24(30)10-8-23/h4-10,13-15,17,19,27H,3,11-12,16,18,33H2,1-2H3,(H,34,36)/t19-,27-/m1/s1. The summed E-state index contributed by atoms with van der Waals surface area (Å²) in [6.45, 7) is 4.36. The number of nitrogens with one attached hydrogen (secondary N) is 1. The molecule has 3 aromatic carbocycles. The number of nitrogens with two attached hydrogens (primary N) is 1. The quantitative estimate of drug-likeness (QED) is 0.356. The molecule has 0 radical (unpaired) electrons. The van der Waals surface area contributed by atoms with Crippen molar-refractivity contribution in [1.82, 2.24) is 10.2 Å². The van der Waals surface area contributed by atoms with Crippen LogP contribution in [-0.4, -0.2) is 35.3 Å². The Labute approximate surface area is 221 Å². The summed E-state index contributed by atoms with van der Waals surface area (Å²) < 4.78 is 27.1. The Morgan fingerprint density at radius 1 is 0.973 bits per heavy atom. The maximum Gasteiger partial charge on any atom is 0.251 e. The van der Waals surface area contributed by atoms with E-state index in [2.05, 4.69) is 12.2 Å². The second-order valence-corrected chi connectivity index (χ2v) is 9.60. The highest BCUT2D eigenvalue weighted by molar-refractivity contribution is 6.30. The Balaban J connectivity index is 1.70. The Morgan fingerprint density at radius 3 is 2.27 bits per heavy atom. The van der Waals surface area contributed by atoms with Gasteiger partial charge in [0.25, 0.3) is 5.91 Å². The Kier molecular flexibility index (Phi) is 10.2. The molecule has 0 aliphatic carbocycles. The average molecular weight is 528 g/mol. The number of hydrogen-bond acceptors (Lipinski definition) is 3. The number of carbonyl (C=O) groups excluding carboxylic acids is 2. The number of hydrogen-bond donors (Lipinski definition) is 2. The SMILES string of the molecule is CCc1cccc(CN(CC[C@@H](N)Cc2cc(F)cc(F)c2)C(=O)[C@@H](C)NC(=O)c2ccc(Cl)cc2)c1. The average Bonchev–Trinajstić information content (AvgIpc) is 2.85. The van der Waals surface area contributed by atoms with Gasteiger partial charge in [-0.15, -0.1) is 0 Å². The first-order valence-electron chi connectivity index (χ1n) is 12.3. The van der Waals surface area contributed by atoms with Crippen LogP contribution >= 0.6 is 11.6 Å². The van der Waals surface area contributed by atoms with Gasteiger partial charge in [-0.25, -0.2) is 8.78 Å². The fourth-order valence-electron chi connectivity index (χ4n) is 4.11. The van der Waals surface area contributed by atoms with E-state index < -0.39 is 23.7 Å². The van der Waals surface area contributed by atoms with E-state index in [0.29, 0.717) is 35.7 Å². The second-order valence-electron chi connectivity index (χ2n) is 9.17. The molecule has 0 heterocycles.